The molecule has 3 nitrogen and oxygen atoms in total. The Bertz CT molecular complexity index is 543. The highest BCUT2D eigenvalue weighted by molar-refractivity contribution is 7.99. The first-order valence-electron chi connectivity index (χ1n) is 4.47. The minimum absolute atomic E-state index is 0.132. The van der Waals surface area contributed by atoms with Crippen LogP contribution in [0.2, 0.25) is 0 Å². The van der Waals surface area contributed by atoms with Crippen LogP contribution in [-0.2, 0) is 6.54 Å². The Kier molecular flexibility index (Phi) is 1.88. The summed E-state index contributed by atoms with van der Waals surface area (Å²) in [5.41, 5.74) is 0.979. The number of hydrogen-bond acceptors (Lipinski definition) is 4. The number of thioether (sulfide) groups is 1. The molecule has 0 saturated carbocycles. The van der Waals surface area contributed by atoms with Crippen molar-refractivity contribution in [2.24, 2.45) is 0 Å². The summed E-state index contributed by atoms with van der Waals surface area (Å²) in [6.45, 7) is 0.821. The molecule has 3 heterocycles. The highest BCUT2D eigenvalue weighted by Gasteiger charge is 2.15. The van der Waals surface area contributed by atoms with Crippen molar-refractivity contribution in [3.8, 4) is 0 Å². The van der Waals surface area contributed by atoms with Crippen LogP contribution in [0.1, 0.15) is 6.42 Å². The van der Waals surface area contributed by atoms with Gasteiger partial charge in [-0.2, -0.15) is 0 Å². The van der Waals surface area contributed by atoms with Gasteiger partial charge in [-0.25, -0.2) is 4.98 Å². The van der Waals surface area contributed by atoms with Crippen molar-refractivity contribution in [3.63, 3.8) is 0 Å². The molecule has 2 aromatic heterocycles. The van der Waals surface area contributed by atoms with Gasteiger partial charge in [0.25, 0.3) is 5.56 Å². The summed E-state index contributed by atoms with van der Waals surface area (Å²) in [4.78, 5) is 16.4. The number of thiophene rings is 1. The summed E-state index contributed by atoms with van der Waals surface area (Å²) < 4.78 is 2.59. The summed E-state index contributed by atoms with van der Waals surface area (Å²) >= 11 is 3.16. The van der Waals surface area contributed by atoms with Gasteiger partial charge in [-0.3, -0.25) is 9.36 Å². The largest absolute Gasteiger partial charge is 0.286 e. The maximum absolute atomic E-state index is 12.0. The smallest absolute Gasteiger partial charge is 0.272 e. The van der Waals surface area contributed by atoms with Gasteiger partial charge in [-0.1, -0.05) is 11.8 Å². The van der Waals surface area contributed by atoms with Gasteiger partial charge in [-0.05, 0) is 17.9 Å². The van der Waals surface area contributed by atoms with Gasteiger partial charge in [0, 0.05) is 12.3 Å². The van der Waals surface area contributed by atoms with Crippen LogP contribution in [0.25, 0.3) is 10.2 Å². The zero-order chi connectivity index (χ0) is 9.54. The van der Waals surface area contributed by atoms with E-state index in [-0.39, 0.29) is 5.56 Å². The fraction of sp³-hybridized carbons (Fsp3) is 0.333. The topological polar surface area (TPSA) is 34.9 Å². The number of nitrogens with zero attached hydrogens (tertiary/aromatic N) is 2. The summed E-state index contributed by atoms with van der Waals surface area (Å²) in [5.74, 6) is 1.07. The van der Waals surface area contributed by atoms with E-state index in [0.29, 0.717) is 0 Å². The van der Waals surface area contributed by atoms with Crippen LogP contribution in [0.5, 0.6) is 0 Å². The van der Waals surface area contributed by atoms with Gasteiger partial charge in [0.2, 0.25) is 0 Å². The first kappa shape index (κ1) is 8.49. The number of fused-ring (bicyclic) bond motifs is 2. The summed E-state index contributed by atoms with van der Waals surface area (Å²) in [6.07, 6.45) is 1.07. The molecule has 0 aliphatic carbocycles. The van der Waals surface area contributed by atoms with E-state index in [0.717, 1.165) is 34.1 Å². The zero-order valence-corrected chi connectivity index (χ0v) is 9.03. The second-order valence-corrected chi connectivity index (χ2v) is 5.17. The SMILES string of the molecule is O=c1c2sccc2nc2n1CCCS2. The van der Waals surface area contributed by atoms with E-state index < -0.39 is 0 Å². The number of rotatable bonds is 0. The number of hydrogen-bond donors (Lipinski definition) is 0. The molecule has 0 radical (unpaired) electrons. The molecule has 1 aliphatic rings. The Morgan fingerprint density at radius 3 is 3.36 bits per heavy atom. The average Bonchev–Trinajstić information content (AvgIpc) is 2.66. The van der Waals surface area contributed by atoms with E-state index >= 15 is 0 Å². The fourth-order valence-corrected chi connectivity index (χ4v) is 3.34. The van der Waals surface area contributed by atoms with E-state index in [2.05, 4.69) is 4.98 Å². The molecule has 3 rings (SSSR count). The highest BCUT2D eigenvalue weighted by Crippen LogP contribution is 2.24. The van der Waals surface area contributed by atoms with Crippen LogP contribution in [0.3, 0.4) is 0 Å². The van der Waals surface area contributed by atoms with E-state index in [1.807, 2.05) is 11.4 Å². The van der Waals surface area contributed by atoms with Crippen LogP contribution < -0.4 is 5.56 Å². The lowest BCUT2D eigenvalue weighted by Gasteiger charge is -2.15. The van der Waals surface area contributed by atoms with Crippen LogP contribution in [0, 0.1) is 0 Å². The van der Waals surface area contributed by atoms with Crippen molar-refractivity contribution < 1.29 is 0 Å². The van der Waals surface area contributed by atoms with Crippen molar-refractivity contribution in [2.45, 2.75) is 18.1 Å². The van der Waals surface area contributed by atoms with Gasteiger partial charge in [0.05, 0.1) is 5.52 Å². The molecule has 0 unspecified atom stereocenters. The van der Waals surface area contributed by atoms with Crippen LogP contribution in [0.4, 0.5) is 0 Å². The molecule has 0 saturated heterocycles. The van der Waals surface area contributed by atoms with E-state index in [1.54, 1.807) is 16.3 Å². The second-order valence-electron chi connectivity index (χ2n) is 3.19. The number of aromatic nitrogens is 2. The predicted molar refractivity (Wildman–Crippen MR) is 59.2 cm³/mol. The lowest BCUT2D eigenvalue weighted by molar-refractivity contribution is 0.572. The Morgan fingerprint density at radius 1 is 1.50 bits per heavy atom. The van der Waals surface area contributed by atoms with Gasteiger partial charge in [0.15, 0.2) is 5.16 Å². The Balaban J connectivity index is 2.42. The van der Waals surface area contributed by atoms with E-state index in [9.17, 15) is 4.79 Å². The third-order valence-corrected chi connectivity index (χ3v) is 4.24. The maximum atomic E-state index is 12.0. The summed E-state index contributed by atoms with van der Waals surface area (Å²) in [6, 6.07) is 1.91. The average molecular weight is 224 g/mol. The van der Waals surface area contributed by atoms with Crippen LogP contribution in [-0.4, -0.2) is 15.3 Å². The van der Waals surface area contributed by atoms with Gasteiger partial charge in [0.1, 0.15) is 4.70 Å². The first-order chi connectivity index (χ1) is 6.86. The molecule has 0 aromatic carbocycles. The molecule has 2 aromatic rings. The lowest BCUT2D eigenvalue weighted by Crippen LogP contribution is -2.25. The third-order valence-electron chi connectivity index (χ3n) is 2.29. The molecule has 0 fully saturated rings. The monoisotopic (exact) mass is 224 g/mol. The molecular weight excluding hydrogens is 216 g/mol. The van der Waals surface area contributed by atoms with Crippen molar-refractivity contribution >= 4 is 33.3 Å². The quantitative estimate of drug-likeness (QED) is 0.642. The van der Waals surface area contributed by atoms with E-state index in [4.69, 9.17) is 0 Å². The van der Waals surface area contributed by atoms with Gasteiger partial charge >= 0.3 is 0 Å². The van der Waals surface area contributed by atoms with Crippen LogP contribution >= 0.6 is 23.1 Å². The minimum Gasteiger partial charge on any atom is -0.286 e. The standard InChI is InChI=1S/C9H8N2OS2/c12-8-7-6(2-5-13-7)10-9-11(8)3-1-4-14-9/h2,5H,1,3-4H2. The van der Waals surface area contributed by atoms with Crippen molar-refractivity contribution in [2.75, 3.05) is 5.75 Å². The first-order valence-corrected chi connectivity index (χ1v) is 6.33. The molecule has 1 aliphatic heterocycles. The lowest BCUT2D eigenvalue weighted by atomic mass is 10.4. The van der Waals surface area contributed by atoms with Crippen molar-refractivity contribution in [1.82, 2.24) is 9.55 Å². The molecule has 0 amide bonds. The third kappa shape index (κ3) is 1.12. The molecule has 5 heteroatoms. The predicted octanol–water partition coefficient (Wildman–Crippen LogP) is 1.95. The molecular formula is C9H8N2OS2. The molecule has 0 N–H and O–H groups in total. The molecule has 0 spiro atoms. The van der Waals surface area contributed by atoms with Crippen molar-refractivity contribution in [1.29, 1.82) is 0 Å². The van der Waals surface area contributed by atoms with Gasteiger partial charge in [-0.15, -0.1) is 11.3 Å². The highest BCUT2D eigenvalue weighted by atomic mass is 32.2. The van der Waals surface area contributed by atoms with Crippen LogP contribution in [0.15, 0.2) is 21.4 Å². The van der Waals surface area contributed by atoms with Crippen molar-refractivity contribution in [3.05, 3.63) is 21.8 Å². The summed E-state index contributed by atoms with van der Waals surface area (Å²) in [7, 11) is 0. The maximum Gasteiger partial charge on any atom is 0.272 e. The molecule has 0 atom stereocenters. The second kappa shape index (κ2) is 3.10. The molecule has 72 valence electrons. The minimum atomic E-state index is 0.132. The van der Waals surface area contributed by atoms with E-state index in [1.165, 1.54) is 11.3 Å². The molecule has 0 bridgehead atoms. The zero-order valence-electron chi connectivity index (χ0n) is 7.40. The van der Waals surface area contributed by atoms with Gasteiger partial charge < -0.3 is 0 Å². The fourth-order valence-electron chi connectivity index (χ4n) is 1.62. The molecule has 14 heavy (non-hydrogen) atoms. The Morgan fingerprint density at radius 2 is 2.43 bits per heavy atom. The summed E-state index contributed by atoms with van der Waals surface area (Å²) in [5, 5.41) is 2.81. The Labute approximate surface area is 88.8 Å². The Hall–Kier alpha value is -0.810. The normalized spacial score (nSPS) is 15.7.